The smallest absolute Gasteiger partial charge is 0.241 e. The number of aromatic nitrogens is 1. The second-order valence-electron chi connectivity index (χ2n) is 6.10. The summed E-state index contributed by atoms with van der Waals surface area (Å²) in [6, 6.07) is 11.6. The summed E-state index contributed by atoms with van der Waals surface area (Å²) in [7, 11) is -0.359. The van der Waals surface area contributed by atoms with Crippen LogP contribution in [0.15, 0.2) is 47.5 Å². The van der Waals surface area contributed by atoms with E-state index in [-0.39, 0.29) is 4.90 Å². The van der Waals surface area contributed by atoms with Crippen LogP contribution in [0, 0.1) is 0 Å². The summed E-state index contributed by atoms with van der Waals surface area (Å²) in [5, 5.41) is 0. The number of nitrogens with one attached hydrogen (secondary N) is 1. The number of pyridine rings is 1. The minimum atomic E-state index is -3.44. The highest BCUT2D eigenvalue weighted by atomic mass is 32.2. The van der Waals surface area contributed by atoms with Crippen molar-refractivity contribution in [1.82, 2.24) is 9.71 Å². The molecule has 25 heavy (non-hydrogen) atoms. The SMILES string of the molecule is CNS(=O)(=O)c1ccc(N2CCC(c3cccc(OC)c3)CC2)nc1. The Hall–Kier alpha value is -2.12. The topological polar surface area (TPSA) is 71.5 Å². The molecule has 0 radical (unpaired) electrons. The first-order chi connectivity index (χ1) is 12.0. The van der Waals surface area contributed by atoms with Crippen molar-refractivity contribution in [2.75, 3.05) is 32.1 Å². The molecule has 1 aromatic carbocycles. The highest BCUT2D eigenvalue weighted by Gasteiger charge is 2.22. The molecule has 2 aromatic rings. The highest BCUT2D eigenvalue weighted by Crippen LogP contribution is 2.31. The van der Waals surface area contributed by atoms with Gasteiger partial charge in [-0.3, -0.25) is 0 Å². The predicted molar refractivity (Wildman–Crippen MR) is 97.7 cm³/mol. The number of anilines is 1. The third-order valence-corrected chi connectivity index (χ3v) is 6.08. The van der Waals surface area contributed by atoms with Crippen LogP contribution in [0.25, 0.3) is 0 Å². The van der Waals surface area contributed by atoms with E-state index >= 15 is 0 Å². The molecule has 0 spiro atoms. The molecular weight excluding hydrogens is 338 g/mol. The summed E-state index contributed by atoms with van der Waals surface area (Å²) in [5.41, 5.74) is 1.31. The first-order valence-corrected chi connectivity index (χ1v) is 9.80. The summed E-state index contributed by atoms with van der Waals surface area (Å²) in [6.45, 7) is 1.79. The number of ether oxygens (including phenoxy) is 1. The van der Waals surface area contributed by atoms with Gasteiger partial charge in [-0.2, -0.15) is 0 Å². The van der Waals surface area contributed by atoms with Crippen molar-refractivity contribution in [3.05, 3.63) is 48.2 Å². The Labute approximate surface area is 148 Å². The van der Waals surface area contributed by atoms with Gasteiger partial charge in [-0.05, 0) is 55.6 Å². The van der Waals surface area contributed by atoms with Gasteiger partial charge < -0.3 is 9.64 Å². The van der Waals surface area contributed by atoms with Crippen LogP contribution < -0.4 is 14.4 Å². The van der Waals surface area contributed by atoms with Crippen molar-refractivity contribution < 1.29 is 13.2 Å². The minimum Gasteiger partial charge on any atom is -0.497 e. The highest BCUT2D eigenvalue weighted by molar-refractivity contribution is 7.89. The Morgan fingerprint density at radius 3 is 2.56 bits per heavy atom. The molecule has 0 amide bonds. The van der Waals surface area contributed by atoms with Crippen molar-refractivity contribution >= 4 is 15.8 Å². The quantitative estimate of drug-likeness (QED) is 0.885. The number of nitrogens with zero attached hydrogens (tertiary/aromatic N) is 2. The van der Waals surface area contributed by atoms with E-state index in [2.05, 4.69) is 26.7 Å². The Bertz CT molecular complexity index is 814. The average molecular weight is 361 g/mol. The van der Waals surface area contributed by atoms with Crippen LogP contribution in [-0.2, 0) is 10.0 Å². The number of hydrogen-bond donors (Lipinski definition) is 1. The van der Waals surface area contributed by atoms with Gasteiger partial charge in [0.25, 0.3) is 0 Å². The summed E-state index contributed by atoms with van der Waals surface area (Å²) < 4.78 is 31.1. The summed E-state index contributed by atoms with van der Waals surface area (Å²) in [6.07, 6.45) is 3.48. The molecule has 1 aliphatic heterocycles. The molecule has 0 bridgehead atoms. The van der Waals surface area contributed by atoms with Crippen molar-refractivity contribution in [3.63, 3.8) is 0 Å². The maximum absolute atomic E-state index is 11.8. The third-order valence-electron chi connectivity index (χ3n) is 4.68. The number of hydrogen-bond acceptors (Lipinski definition) is 5. The van der Waals surface area contributed by atoms with E-state index in [1.807, 2.05) is 12.1 Å². The molecule has 1 saturated heterocycles. The molecule has 1 fully saturated rings. The van der Waals surface area contributed by atoms with E-state index in [1.54, 1.807) is 19.2 Å². The van der Waals surface area contributed by atoms with E-state index in [0.717, 1.165) is 37.5 Å². The predicted octanol–water partition coefficient (Wildman–Crippen LogP) is 2.38. The maximum Gasteiger partial charge on any atom is 0.241 e. The molecule has 1 aliphatic rings. The zero-order chi connectivity index (χ0) is 17.9. The fourth-order valence-electron chi connectivity index (χ4n) is 3.17. The van der Waals surface area contributed by atoms with Crippen LogP contribution in [0.2, 0.25) is 0 Å². The lowest BCUT2D eigenvalue weighted by molar-refractivity contribution is 0.412. The molecule has 0 aliphatic carbocycles. The lowest BCUT2D eigenvalue weighted by Gasteiger charge is -2.33. The number of rotatable bonds is 5. The van der Waals surface area contributed by atoms with E-state index in [9.17, 15) is 8.42 Å². The fraction of sp³-hybridized carbons (Fsp3) is 0.389. The average Bonchev–Trinajstić information content (AvgIpc) is 2.68. The lowest BCUT2D eigenvalue weighted by atomic mass is 9.89. The molecule has 0 atom stereocenters. The molecular formula is C18H23N3O3S. The summed E-state index contributed by atoms with van der Waals surface area (Å²) >= 11 is 0. The Morgan fingerprint density at radius 1 is 1.20 bits per heavy atom. The molecule has 3 rings (SSSR count). The van der Waals surface area contributed by atoms with Gasteiger partial charge in [0.2, 0.25) is 10.0 Å². The molecule has 1 N–H and O–H groups in total. The van der Waals surface area contributed by atoms with Crippen LogP contribution in [-0.4, -0.2) is 40.6 Å². The zero-order valence-corrected chi connectivity index (χ0v) is 15.3. The van der Waals surface area contributed by atoms with E-state index in [1.165, 1.54) is 18.8 Å². The summed E-state index contributed by atoms with van der Waals surface area (Å²) in [5.74, 6) is 2.22. The van der Waals surface area contributed by atoms with Gasteiger partial charge in [-0.25, -0.2) is 18.1 Å². The normalized spacial score (nSPS) is 16.0. The van der Waals surface area contributed by atoms with E-state index in [0.29, 0.717) is 5.92 Å². The molecule has 0 saturated carbocycles. The van der Waals surface area contributed by atoms with Crippen molar-refractivity contribution in [1.29, 1.82) is 0 Å². The van der Waals surface area contributed by atoms with Crippen molar-refractivity contribution in [3.8, 4) is 5.75 Å². The first-order valence-electron chi connectivity index (χ1n) is 8.32. The zero-order valence-electron chi connectivity index (χ0n) is 14.5. The van der Waals surface area contributed by atoms with Gasteiger partial charge in [0.15, 0.2) is 0 Å². The molecule has 1 aromatic heterocycles. The van der Waals surface area contributed by atoms with Gasteiger partial charge in [0, 0.05) is 19.3 Å². The van der Waals surface area contributed by atoms with Crippen LogP contribution >= 0.6 is 0 Å². The Morgan fingerprint density at radius 2 is 1.96 bits per heavy atom. The van der Waals surface area contributed by atoms with Gasteiger partial charge in [-0.1, -0.05) is 12.1 Å². The van der Waals surface area contributed by atoms with E-state index < -0.39 is 10.0 Å². The molecule has 6 nitrogen and oxygen atoms in total. The Kier molecular flexibility index (Phi) is 5.24. The second-order valence-corrected chi connectivity index (χ2v) is 7.98. The van der Waals surface area contributed by atoms with Gasteiger partial charge in [-0.15, -0.1) is 0 Å². The minimum absolute atomic E-state index is 0.185. The summed E-state index contributed by atoms with van der Waals surface area (Å²) in [4.78, 5) is 6.71. The third kappa shape index (κ3) is 3.93. The number of piperidine rings is 1. The number of methoxy groups -OCH3 is 1. The van der Waals surface area contributed by atoms with E-state index in [4.69, 9.17) is 4.74 Å². The molecule has 2 heterocycles. The standard InChI is InChI=1S/C18H23N3O3S/c1-19-25(22,23)17-6-7-18(20-13-17)21-10-8-14(9-11-21)15-4-3-5-16(12-15)24-2/h3-7,12-14,19H,8-11H2,1-2H3. The molecule has 0 unspecified atom stereocenters. The van der Waals surface area contributed by atoms with Crippen LogP contribution in [0.5, 0.6) is 5.75 Å². The van der Waals surface area contributed by atoms with Gasteiger partial charge in [0.1, 0.15) is 16.5 Å². The monoisotopic (exact) mass is 361 g/mol. The van der Waals surface area contributed by atoms with Gasteiger partial charge in [0.05, 0.1) is 7.11 Å². The van der Waals surface area contributed by atoms with Gasteiger partial charge >= 0.3 is 0 Å². The second kappa shape index (κ2) is 7.41. The van der Waals surface area contributed by atoms with Crippen LogP contribution in [0.1, 0.15) is 24.3 Å². The maximum atomic E-state index is 11.8. The number of benzene rings is 1. The lowest BCUT2D eigenvalue weighted by Crippen LogP contribution is -2.33. The number of sulfonamides is 1. The molecule has 7 heteroatoms. The molecule has 134 valence electrons. The Balaban J connectivity index is 1.66. The first kappa shape index (κ1) is 17.7. The largest absolute Gasteiger partial charge is 0.497 e. The fourth-order valence-corrected chi connectivity index (χ4v) is 3.85. The van der Waals surface area contributed by atoms with Crippen molar-refractivity contribution in [2.24, 2.45) is 0 Å². The van der Waals surface area contributed by atoms with Crippen molar-refractivity contribution in [2.45, 2.75) is 23.7 Å². The van der Waals surface area contributed by atoms with Crippen LogP contribution in [0.3, 0.4) is 0 Å². The van der Waals surface area contributed by atoms with Crippen LogP contribution in [0.4, 0.5) is 5.82 Å².